The van der Waals surface area contributed by atoms with Gasteiger partial charge >= 0.3 is 11.9 Å². The highest BCUT2D eigenvalue weighted by Crippen LogP contribution is 2.17. The van der Waals surface area contributed by atoms with Crippen LogP contribution in [0.3, 0.4) is 0 Å². The van der Waals surface area contributed by atoms with Crippen LogP contribution in [0.5, 0.6) is 0 Å². The van der Waals surface area contributed by atoms with E-state index in [1.165, 1.54) is 186 Å². The SMILES string of the molecule is CC/C=C\C/C=C\C/C=C\C/C=C\C/C=C\C/C=C\CCCCCCCCCCCCC(=O)OC(COC(=O)CCCCCCCCCCCCCCCCCCCCC/C=C\C/C=C\CCCCCCC)COC(OCC[N+](C)(C)C)C(=O)[O-]. The van der Waals surface area contributed by atoms with Gasteiger partial charge in [-0.25, -0.2) is 0 Å². The summed E-state index contributed by atoms with van der Waals surface area (Å²) in [5, 5.41) is 11.8. The molecule has 0 aromatic rings. The summed E-state index contributed by atoms with van der Waals surface area (Å²) < 4.78 is 22.8. The number of rotatable bonds is 65. The molecule has 0 spiro atoms. The Kier molecular flexibility index (Phi) is 63.2. The molecule has 0 aliphatic rings. The Morgan fingerprint density at radius 2 is 0.671 bits per heavy atom. The first kappa shape index (κ1) is 81.2. The van der Waals surface area contributed by atoms with E-state index in [1.807, 2.05) is 21.1 Å². The number of hydrogen-bond donors (Lipinski definition) is 0. The number of ether oxygens (including phenoxy) is 4. The molecule has 0 aromatic heterocycles. The number of allylic oxidation sites excluding steroid dienone is 16. The number of carboxylic acids is 1. The monoisotopic (exact) mass is 1190 g/mol. The normalized spacial score (nSPS) is 13.3. The summed E-state index contributed by atoms with van der Waals surface area (Å²) in [4.78, 5) is 37.5. The zero-order valence-corrected chi connectivity index (χ0v) is 56.0. The van der Waals surface area contributed by atoms with Gasteiger partial charge in [-0.1, -0.05) is 297 Å². The highest BCUT2D eigenvalue weighted by molar-refractivity contribution is 5.70. The quantitative estimate of drug-likeness (QED) is 0.0195. The summed E-state index contributed by atoms with van der Waals surface area (Å²) in [6, 6.07) is 0. The van der Waals surface area contributed by atoms with Crippen molar-refractivity contribution >= 4 is 17.9 Å². The van der Waals surface area contributed by atoms with Crippen LogP contribution in [-0.2, 0) is 33.3 Å². The third-order valence-corrected chi connectivity index (χ3v) is 15.3. The van der Waals surface area contributed by atoms with E-state index in [9.17, 15) is 19.5 Å². The number of carboxylic acid groups (broad SMARTS) is 1. The molecule has 0 radical (unpaired) electrons. The van der Waals surface area contributed by atoms with Crippen LogP contribution in [-0.4, -0.2) is 82.3 Å². The first-order valence-corrected chi connectivity index (χ1v) is 35.4. The van der Waals surface area contributed by atoms with E-state index in [2.05, 4.69) is 111 Å². The van der Waals surface area contributed by atoms with Crippen molar-refractivity contribution in [3.63, 3.8) is 0 Å². The molecule has 0 aliphatic heterocycles. The highest BCUT2D eigenvalue weighted by Gasteiger charge is 2.22. The van der Waals surface area contributed by atoms with E-state index < -0.39 is 24.3 Å². The molecule has 0 saturated heterocycles. The highest BCUT2D eigenvalue weighted by atomic mass is 16.7. The lowest BCUT2D eigenvalue weighted by Gasteiger charge is -2.26. The number of hydrogen-bond acceptors (Lipinski definition) is 8. The predicted octanol–water partition coefficient (Wildman–Crippen LogP) is 20.7. The second-order valence-electron chi connectivity index (χ2n) is 24.8. The van der Waals surface area contributed by atoms with Crippen molar-refractivity contribution in [1.82, 2.24) is 0 Å². The molecule has 0 rings (SSSR count). The van der Waals surface area contributed by atoms with Gasteiger partial charge in [0.05, 0.1) is 40.3 Å². The van der Waals surface area contributed by atoms with Crippen molar-refractivity contribution in [2.45, 2.75) is 322 Å². The van der Waals surface area contributed by atoms with Crippen molar-refractivity contribution < 1.29 is 42.9 Å². The molecular formula is C76H133NO8. The van der Waals surface area contributed by atoms with Crippen LogP contribution in [0.1, 0.15) is 309 Å². The van der Waals surface area contributed by atoms with E-state index in [-0.39, 0.29) is 32.2 Å². The fourth-order valence-corrected chi connectivity index (χ4v) is 9.93. The van der Waals surface area contributed by atoms with E-state index in [4.69, 9.17) is 18.9 Å². The Bertz CT molecular complexity index is 1720. The maximum Gasteiger partial charge on any atom is 0.306 e. The van der Waals surface area contributed by atoms with Gasteiger partial charge in [0.2, 0.25) is 0 Å². The lowest BCUT2D eigenvalue weighted by molar-refractivity contribution is -0.870. The first-order valence-electron chi connectivity index (χ1n) is 35.4. The van der Waals surface area contributed by atoms with Crippen LogP contribution < -0.4 is 5.11 Å². The smallest absolute Gasteiger partial charge is 0.306 e. The van der Waals surface area contributed by atoms with Crippen molar-refractivity contribution in [3.8, 4) is 0 Å². The third-order valence-electron chi connectivity index (χ3n) is 15.3. The van der Waals surface area contributed by atoms with Crippen LogP contribution >= 0.6 is 0 Å². The minimum Gasteiger partial charge on any atom is -0.545 e. The zero-order chi connectivity index (χ0) is 61.9. The summed E-state index contributed by atoms with van der Waals surface area (Å²) in [5.41, 5.74) is 0. The molecule has 0 aliphatic carbocycles. The minimum atomic E-state index is -1.63. The van der Waals surface area contributed by atoms with Gasteiger partial charge in [-0.05, 0) is 96.3 Å². The molecule has 0 saturated carbocycles. The average Bonchev–Trinajstić information content (AvgIpc) is 3.48. The molecule has 0 N–H and O–H groups in total. The number of carbonyl (C=O) groups is 3. The van der Waals surface area contributed by atoms with Gasteiger partial charge in [-0.2, -0.15) is 0 Å². The summed E-state index contributed by atoms with van der Waals surface area (Å²) in [5.74, 6) is -2.28. The molecule has 2 unspecified atom stereocenters. The van der Waals surface area contributed by atoms with Crippen LogP contribution in [0.4, 0.5) is 0 Å². The van der Waals surface area contributed by atoms with E-state index in [1.54, 1.807) is 0 Å². The van der Waals surface area contributed by atoms with Gasteiger partial charge in [-0.15, -0.1) is 0 Å². The predicted molar refractivity (Wildman–Crippen MR) is 361 cm³/mol. The number of quaternary nitrogens is 1. The number of nitrogens with zero attached hydrogens (tertiary/aromatic N) is 1. The summed E-state index contributed by atoms with van der Waals surface area (Å²) in [7, 11) is 5.93. The van der Waals surface area contributed by atoms with Crippen molar-refractivity contribution in [2.75, 3.05) is 47.5 Å². The van der Waals surface area contributed by atoms with Crippen LogP contribution in [0.15, 0.2) is 97.2 Å². The van der Waals surface area contributed by atoms with Gasteiger partial charge in [0.1, 0.15) is 13.2 Å². The maximum absolute atomic E-state index is 12.9. The largest absolute Gasteiger partial charge is 0.545 e. The molecule has 0 aromatic carbocycles. The van der Waals surface area contributed by atoms with Gasteiger partial charge in [0.25, 0.3) is 0 Å². The molecular weight excluding hydrogens is 1050 g/mol. The van der Waals surface area contributed by atoms with Gasteiger partial charge in [0, 0.05) is 12.8 Å². The standard InChI is InChI=1S/C76H133NO8/c1-6-8-10-12-14-16-18-20-22-24-26-28-30-32-34-36-37-39-40-42-44-46-48-50-52-54-56-58-60-62-64-66-73(78)83-70-72(71-84-76(75(80)81)82-69-68-77(3,4)5)85-74(79)67-65-63-61-59-57-55-53-51-49-47-45-43-41-38-35-33-31-29-27-25-23-21-19-17-15-13-11-9-7-2/h9,11,15,17-18,20-21,23-24,26-27,29,33,35,41,43,72,76H,6-8,10,12-14,16,19,22,25,28,30-32,34,36-40,42,44-71H2,1-5H3/b11-9-,17-15-,20-18-,23-21-,26-24-,29-27-,35-33-,43-41-. The molecule has 9 heteroatoms. The molecule has 9 nitrogen and oxygen atoms in total. The first-order chi connectivity index (χ1) is 41.6. The fraction of sp³-hybridized carbons (Fsp3) is 0.750. The van der Waals surface area contributed by atoms with E-state index in [0.29, 0.717) is 23.9 Å². The van der Waals surface area contributed by atoms with Crippen molar-refractivity contribution in [3.05, 3.63) is 97.2 Å². The average molecular weight is 1190 g/mol. The second-order valence-corrected chi connectivity index (χ2v) is 24.8. The Morgan fingerprint density at radius 3 is 1.00 bits per heavy atom. The number of unbranched alkanes of at least 4 members (excludes halogenated alkanes) is 34. The van der Waals surface area contributed by atoms with Crippen molar-refractivity contribution in [1.29, 1.82) is 0 Å². The molecule has 0 amide bonds. The van der Waals surface area contributed by atoms with E-state index >= 15 is 0 Å². The van der Waals surface area contributed by atoms with E-state index in [0.717, 1.165) is 89.9 Å². The van der Waals surface area contributed by atoms with Crippen LogP contribution in [0, 0.1) is 0 Å². The number of aliphatic carboxylic acids is 1. The lowest BCUT2D eigenvalue weighted by atomic mass is 10.0. The van der Waals surface area contributed by atoms with Gasteiger partial charge < -0.3 is 33.3 Å². The van der Waals surface area contributed by atoms with Crippen LogP contribution in [0.25, 0.3) is 0 Å². The molecule has 490 valence electrons. The number of esters is 2. The van der Waals surface area contributed by atoms with Gasteiger partial charge in [0.15, 0.2) is 12.4 Å². The fourth-order valence-electron chi connectivity index (χ4n) is 9.93. The summed E-state index contributed by atoms with van der Waals surface area (Å²) in [6.07, 6.45) is 87.7. The maximum atomic E-state index is 12.9. The molecule has 2 atom stereocenters. The summed E-state index contributed by atoms with van der Waals surface area (Å²) in [6.45, 7) is 4.65. The Labute approximate surface area is 524 Å². The number of likely N-dealkylation sites (N-methyl/N-ethyl adjacent to an activating group) is 1. The topological polar surface area (TPSA) is 111 Å². The lowest BCUT2D eigenvalue weighted by Crippen LogP contribution is -2.44. The van der Waals surface area contributed by atoms with Gasteiger partial charge in [-0.3, -0.25) is 9.59 Å². The number of carbonyl (C=O) groups excluding carboxylic acids is 3. The zero-order valence-electron chi connectivity index (χ0n) is 56.0. The molecule has 0 bridgehead atoms. The second kappa shape index (κ2) is 66.2. The third kappa shape index (κ3) is 67.6. The van der Waals surface area contributed by atoms with Crippen LogP contribution in [0.2, 0.25) is 0 Å². The Morgan fingerprint density at radius 1 is 0.365 bits per heavy atom. The summed E-state index contributed by atoms with van der Waals surface area (Å²) >= 11 is 0. The molecule has 0 fully saturated rings. The molecule has 0 heterocycles. The Balaban J connectivity index is 4.12. The molecule has 85 heavy (non-hydrogen) atoms. The minimum absolute atomic E-state index is 0.144. The van der Waals surface area contributed by atoms with Crippen molar-refractivity contribution in [2.24, 2.45) is 0 Å². The Hall–Kier alpha value is -3.79.